The number of carbonyl (C=O) groups is 2. The summed E-state index contributed by atoms with van der Waals surface area (Å²) in [5.74, 6) is -0.153. The van der Waals surface area contributed by atoms with Gasteiger partial charge in [0.05, 0.1) is 23.0 Å². The van der Waals surface area contributed by atoms with Crippen molar-refractivity contribution in [1.29, 1.82) is 0 Å². The molecule has 1 aromatic carbocycles. The van der Waals surface area contributed by atoms with Crippen LogP contribution in [0.5, 0.6) is 0 Å². The number of hydrogen-bond donors (Lipinski definition) is 1. The Balaban J connectivity index is 1.49. The van der Waals surface area contributed by atoms with E-state index in [0.717, 1.165) is 28.7 Å². The molecule has 0 aliphatic heterocycles. The van der Waals surface area contributed by atoms with E-state index in [-0.39, 0.29) is 11.8 Å². The Bertz CT molecular complexity index is 1160. The van der Waals surface area contributed by atoms with Crippen LogP contribution in [0.2, 0.25) is 0 Å². The van der Waals surface area contributed by atoms with Crippen LogP contribution in [0.3, 0.4) is 0 Å². The molecule has 32 heavy (non-hydrogen) atoms. The van der Waals surface area contributed by atoms with Crippen LogP contribution in [0.15, 0.2) is 47.1 Å². The minimum absolute atomic E-state index is 0.249. The molecule has 1 saturated carbocycles. The molecule has 1 aliphatic rings. The van der Waals surface area contributed by atoms with Crippen LogP contribution in [0.4, 0.5) is 10.6 Å². The smallest absolute Gasteiger partial charge is 0.435 e. The number of carbonyl (C=O) groups excluding carboxylic acids is 2. The molecule has 2 heterocycles. The van der Waals surface area contributed by atoms with E-state index in [0.29, 0.717) is 11.5 Å². The van der Waals surface area contributed by atoms with Gasteiger partial charge in [-0.1, -0.05) is 22.0 Å². The Labute approximate surface area is 195 Å². The van der Waals surface area contributed by atoms with Crippen LogP contribution in [0, 0.1) is 0 Å². The lowest BCUT2D eigenvalue weighted by atomic mass is 10.1. The van der Waals surface area contributed by atoms with Crippen molar-refractivity contribution < 1.29 is 14.3 Å². The number of benzene rings is 1. The number of anilines is 1. The van der Waals surface area contributed by atoms with Gasteiger partial charge in [-0.15, -0.1) is 5.10 Å². The van der Waals surface area contributed by atoms with Gasteiger partial charge < -0.3 is 10.1 Å². The van der Waals surface area contributed by atoms with Gasteiger partial charge in [0.25, 0.3) is 0 Å². The second-order valence-electron chi connectivity index (χ2n) is 9.00. The fraction of sp³-hybridized carbons (Fsp3) is 0.391. The largest absolute Gasteiger partial charge is 0.442 e. The van der Waals surface area contributed by atoms with Gasteiger partial charge in [-0.05, 0) is 64.8 Å². The lowest BCUT2D eigenvalue weighted by molar-refractivity contribution is -0.117. The highest BCUT2D eigenvalue weighted by Gasteiger charge is 2.32. The van der Waals surface area contributed by atoms with E-state index in [4.69, 9.17) is 4.74 Å². The summed E-state index contributed by atoms with van der Waals surface area (Å²) in [7, 11) is 0. The van der Waals surface area contributed by atoms with E-state index in [1.165, 1.54) is 4.68 Å². The molecule has 2 aromatic heterocycles. The van der Waals surface area contributed by atoms with Gasteiger partial charge in [-0.3, -0.25) is 4.79 Å². The standard InChI is InChI=1S/C23H26BrN5O3/c1-14(18-10-11-28(26-18)17-7-5-6-16(24)12-17)21(30)25-20-13-19(15-8-9-15)29(27-20)22(31)32-23(2,3)4/h5-7,10-15H,8-9H2,1-4H3,(H,25,27,30). The van der Waals surface area contributed by atoms with Crippen molar-refractivity contribution in [3.63, 3.8) is 0 Å². The Morgan fingerprint density at radius 2 is 1.94 bits per heavy atom. The average Bonchev–Trinajstić information content (AvgIpc) is 3.28. The molecule has 4 rings (SSSR count). The third kappa shape index (κ3) is 5.09. The highest BCUT2D eigenvalue weighted by atomic mass is 79.9. The fourth-order valence-corrected chi connectivity index (χ4v) is 3.67. The molecule has 0 spiro atoms. The first-order chi connectivity index (χ1) is 15.1. The Hall–Kier alpha value is -2.94. The quantitative estimate of drug-likeness (QED) is 0.518. The van der Waals surface area contributed by atoms with Crippen LogP contribution in [0.1, 0.15) is 63.8 Å². The van der Waals surface area contributed by atoms with Crippen molar-refractivity contribution in [2.45, 2.75) is 58.0 Å². The second-order valence-corrected chi connectivity index (χ2v) is 9.91. The summed E-state index contributed by atoms with van der Waals surface area (Å²) in [6.07, 6.45) is 3.26. The van der Waals surface area contributed by atoms with Gasteiger partial charge in [0, 0.05) is 22.7 Å². The predicted octanol–water partition coefficient (Wildman–Crippen LogP) is 5.23. The molecule has 0 saturated heterocycles. The van der Waals surface area contributed by atoms with Crippen molar-refractivity contribution in [3.05, 3.63) is 58.5 Å². The van der Waals surface area contributed by atoms with Gasteiger partial charge in [-0.2, -0.15) is 9.78 Å². The van der Waals surface area contributed by atoms with Crippen molar-refractivity contribution in [2.24, 2.45) is 0 Å². The van der Waals surface area contributed by atoms with Gasteiger partial charge in [-0.25, -0.2) is 9.48 Å². The number of nitrogens with zero attached hydrogens (tertiary/aromatic N) is 4. The van der Waals surface area contributed by atoms with Crippen LogP contribution < -0.4 is 5.32 Å². The minimum atomic E-state index is -0.630. The fourth-order valence-electron chi connectivity index (χ4n) is 3.28. The van der Waals surface area contributed by atoms with E-state index >= 15 is 0 Å². The van der Waals surface area contributed by atoms with Crippen molar-refractivity contribution in [3.8, 4) is 5.69 Å². The highest BCUT2D eigenvalue weighted by molar-refractivity contribution is 9.10. The number of halogens is 1. The third-order valence-corrected chi connectivity index (χ3v) is 5.56. The molecule has 9 heteroatoms. The number of aromatic nitrogens is 4. The third-order valence-electron chi connectivity index (χ3n) is 5.07. The molecular weight excluding hydrogens is 474 g/mol. The maximum Gasteiger partial charge on any atom is 0.435 e. The Kier molecular flexibility index (Phi) is 5.94. The Morgan fingerprint density at radius 1 is 1.19 bits per heavy atom. The van der Waals surface area contributed by atoms with Crippen LogP contribution in [-0.4, -0.2) is 37.2 Å². The van der Waals surface area contributed by atoms with Crippen LogP contribution >= 0.6 is 15.9 Å². The summed E-state index contributed by atoms with van der Waals surface area (Å²) >= 11 is 3.46. The zero-order chi connectivity index (χ0) is 23.0. The molecule has 1 aliphatic carbocycles. The van der Waals surface area contributed by atoms with Gasteiger partial charge >= 0.3 is 6.09 Å². The molecule has 1 amide bonds. The van der Waals surface area contributed by atoms with E-state index in [1.54, 1.807) is 17.7 Å². The number of ether oxygens (including phenoxy) is 1. The van der Waals surface area contributed by atoms with E-state index in [1.807, 2.05) is 57.3 Å². The van der Waals surface area contributed by atoms with Crippen molar-refractivity contribution >= 4 is 33.7 Å². The molecule has 3 aromatic rings. The van der Waals surface area contributed by atoms with Crippen molar-refractivity contribution in [2.75, 3.05) is 5.32 Å². The molecule has 1 unspecified atom stereocenters. The summed E-state index contributed by atoms with van der Waals surface area (Å²) < 4.78 is 9.41. The minimum Gasteiger partial charge on any atom is -0.442 e. The lowest BCUT2D eigenvalue weighted by Crippen LogP contribution is -2.28. The first kappa shape index (κ1) is 22.3. The van der Waals surface area contributed by atoms with Crippen LogP contribution in [0.25, 0.3) is 5.69 Å². The molecule has 1 fully saturated rings. The summed E-state index contributed by atoms with van der Waals surface area (Å²) in [6, 6.07) is 11.3. The van der Waals surface area contributed by atoms with Gasteiger partial charge in [0.1, 0.15) is 5.60 Å². The van der Waals surface area contributed by atoms with Crippen molar-refractivity contribution in [1.82, 2.24) is 19.6 Å². The van der Waals surface area contributed by atoms with Gasteiger partial charge in [0.15, 0.2) is 5.82 Å². The topological polar surface area (TPSA) is 91.0 Å². The lowest BCUT2D eigenvalue weighted by Gasteiger charge is -2.19. The molecule has 168 valence electrons. The number of amides is 1. The van der Waals surface area contributed by atoms with E-state index in [9.17, 15) is 9.59 Å². The predicted molar refractivity (Wildman–Crippen MR) is 124 cm³/mol. The number of nitrogens with one attached hydrogen (secondary N) is 1. The normalized spacial score (nSPS) is 14.8. The SMILES string of the molecule is CC(C(=O)Nc1cc(C2CC2)n(C(=O)OC(C)(C)C)n1)c1ccn(-c2cccc(Br)c2)n1. The molecule has 0 radical (unpaired) electrons. The number of rotatable bonds is 5. The first-order valence-electron chi connectivity index (χ1n) is 10.6. The van der Waals surface area contributed by atoms with Crippen LogP contribution in [-0.2, 0) is 9.53 Å². The highest BCUT2D eigenvalue weighted by Crippen LogP contribution is 2.41. The summed E-state index contributed by atoms with van der Waals surface area (Å²) in [5, 5.41) is 11.7. The molecule has 0 bridgehead atoms. The first-order valence-corrected chi connectivity index (χ1v) is 11.4. The molecular formula is C23H26BrN5O3. The maximum atomic E-state index is 12.9. The second kappa shape index (κ2) is 8.54. The number of hydrogen-bond acceptors (Lipinski definition) is 5. The Morgan fingerprint density at radius 3 is 2.59 bits per heavy atom. The maximum absolute atomic E-state index is 12.9. The van der Waals surface area contributed by atoms with Gasteiger partial charge in [0.2, 0.25) is 5.91 Å². The zero-order valence-corrected chi connectivity index (χ0v) is 20.1. The molecule has 1 N–H and O–H groups in total. The van der Waals surface area contributed by atoms with E-state index in [2.05, 4.69) is 31.4 Å². The summed E-state index contributed by atoms with van der Waals surface area (Å²) in [6.45, 7) is 7.21. The monoisotopic (exact) mass is 499 g/mol. The average molecular weight is 500 g/mol. The molecule has 8 nitrogen and oxygen atoms in total. The summed E-state index contributed by atoms with van der Waals surface area (Å²) in [5.41, 5.74) is 1.66. The molecule has 1 atom stereocenters. The zero-order valence-electron chi connectivity index (χ0n) is 18.5. The summed E-state index contributed by atoms with van der Waals surface area (Å²) in [4.78, 5) is 25.5. The van der Waals surface area contributed by atoms with E-state index < -0.39 is 17.6 Å².